The molecule has 0 radical (unpaired) electrons. The highest BCUT2D eigenvalue weighted by atomic mass is 32.2. The van der Waals surface area contributed by atoms with Crippen LogP contribution in [0.4, 0.5) is 0 Å². The quantitative estimate of drug-likeness (QED) is 0.719. The third-order valence-electron chi connectivity index (χ3n) is 3.13. The van der Waals surface area contributed by atoms with Crippen LogP contribution in [0.25, 0.3) is 0 Å². The second kappa shape index (κ2) is 7.56. The molecule has 0 aromatic heterocycles. The largest absolute Gasteiger partial charge is 0.480 e. The third-order valence-corrected chi connectivity index (χ3v) is 4.53. The molecule has 19 heavy (non-hydrogen) atoms. The van der Waals surface area contributed by atoms with Gasteiger partial charge in [0.25, 0.3) is 0 Å². The van der Waals surface area contributed by atoms with Gasteiger partial charge in [-0.25, -0.2) is 4.79 Å². The summed E-state index contributed by atoms with van der Waals surface area (Å²) in [6.45, 7) is 4.35. The fourth-order valence-corrected chi connectivity index (χ4v) is 3.11. The van der Waals surface area contributed by atoms with E-state index >= 15 is 0 Å². The number of carbonyl (C=O) groups is 1. The van der Waals surface area contributed by atoms with Gasteiger partial charge in [-0.1, -0.05) is 44.2 Å². The number of aliphatic carboxylic acids is 1. The van der Waals surface area contributed by atoms with E-state index in [0.29, 0.717) is 12.3 Å². The van der Waals surface area contributed by atoms with Gasteiger partial charge in [0, 0.05) is 0 Å². The Hall–Kier alpha value is -1.00. The normalized spacial score (nSPS) is 14.3. The van der Waals surface area contributed by atoms with Crippen LogP contribution in [-0.2, 0) is 10.3 Å². The molecule has 1 unspecified atom stereocenters. The molecule has 0 aliphatic heterocycles. The SMILES string of the molecule is CNC(CCSCC(C)C)(C(=O)O)c1ccccc1. The molecule has 1 aromatic rings. The summed E-state index contributed by atoms with van der Waals surface area (Å²) in [6.07, 6.45) is 0.584. The first-order valence-electron chi connectivity index (χ1n) is 6.58. The highest BCUT2D eigenvalue weighted by Crippen LogP contribution is 2.27. The standard InChI is InChI=1S/C15H23NO2S/c1-12(2)11-19-10-9-15(16-3,14(17)18)13-7-5-4-6-8-13/h4-8,12,16H,9-11H2,1-3H3,(H,17,18). The van der Waals surface area contributed by atoms with E-state index in [1.54, 1.807) is 7.05 Å². The molecule has 1 atom stereocenters. The van der Waals surface area contributed by atoms with Crippen molar-refractivity contribution in [3.63, 3.8) is 0 Å². The number of hydrogen-bond acceptors (Lipinski definition) is 3. The first-order valence-corrected chi connectivity index (χ1v) is 7.74. The molecule has 3 nitrogen and oxygen atoms in total. The van der Waals surface area contributed by atoms with Crippen LogP contribution in [-0.4, -0.2) is 29.6 Å². The molecule has 0 spiro atoms. The summed E-state index contributed by atoms with van der Waals surface area (Å²) in [5, 5.41) is 12.6. The minimum atomic E-state index is -0.981. The first kappa shape index (κ1) is 16.1. The van der Waals surface area contributed by atoms with Crippen molar-refractivity contribution in [2.24, 2.45) is 5.92 Å². The number of nitrogens with one attached hydrogen (secondary N) is 1. The van der Waals surface area contributed by atoms with Crippen LogP contribution in [0.5, 0.6) is 0 Å². The number of likely N-dealkylation sites (N-methyl/N-ethyl adjacent to an activating group) is 1. The molecular weight excluding hydrogens is 258 g/mol. The molecule has 0 bridgehead atoms. The summed E-state index contributed by atoms with van der Waals surface area (Å²) in [6, 6.07) is 9.41. The average Bonchev–Trinajstić information content (AvgIpc) is 2.39. The van der Waals surface area contributed by atoms with Gasteiger partial charge in [-0.2, -0.15) is 11.8 Å². The smallest absolute Gasteiger partial charge is 0.328 e. The second-order valence-electron chi connectivity index (χ2n) is 5.05. The van der Waals surface area contributed by atoms with E-state index in [4.69, 9.17) is 0 Å². The Morgan fingerprint density at radius 1 is 1.37 bits per heavy atom. The van der Waals surface area contributed by atoms with Crippen molar-refractivity contribution in [1.82, 2.24) is 5.32 Å². The van der Waals surface area contributed by atoms with Crippen LogP contribution in [0.2, 0.25) is 0 Å². The Morgan fingerprint density at radius 2 is 2.00 bits per heavy atom. The predicted molar refractivity (Wildman–Crippen MR) is 81.6 cm³/mol. The zero-order chi connectivity index (χ0) is 14.3. The van der Waals surface area contributed by atoms with Crippen molar-refractivity contribution in [2.45, 2.75) is 25.8 Å². The third kappa shape index (κ3) is 4.25. The topological polar surface area (TPSA) is 49.3 Å². The first-order chi connectivity index (χ1) is 9.03. The van der Waals surface area contributed by atoms with Crippen LogP contribution in [0.1, 0.15) is 25.8 Å². The van der Waals surface area contributed by atoms with E-state index in [0.717, 1.165) is 17.1 Å². The molecule has 0 saturated heterocycles. The van der Waals surface area contributed by atoms with Gasteiger partial charge >= 0.3 is 5.97 Å². The fourth-order valence-electron chi connectivity index (χ4n) is 2.02. The van der Waals surface area contributed by atoms with Gasteiger partial charge < -0.3 is 10.4 Å². The highest BCUT2D eigenvalue weighted by molar-refractivity contribution is 7.99. The van der Waals surface area contributed by atoms with Crippen LogP contribution in [0.3, 0.4) is 0 Å². The number of carboxylic acids is 1. The molecule has 0 fully saturated rings. The van der Waals surface area contributed by atoms with E-state index < -0.39 is 11.5 Å². The maximum Gasteiger partial charge on any atom is 0.328 e. The van der Waals surface area contributed by atoms with Crippen molar-refractivity contribution in [1.29, 1.82) is 0 Å². The van der Waals surface area contributed by atoms with E-state index in [1.807, 2.05) is 42.1 Å². The predicted octanol–water partition coefficient (Wildman–Crippen LogP) is 2.97. The van der Waals surface area contributed by atoms with Crippen LogP contribution < -0.4 is 5.32 Å². The lowest BCUT2D eigenvalue weighted by atomic mass is 9.87. The fraction of sp³-hybridized carbons (Fsp3) is 0.533. The Kier molecular flexibility index (Phi) is 6.38. The molecule has 0 amide bonds. The monoisotopic (exact) mass is 281 g/mol. The van der Waals surface area contributed by atoms with Gasteiger partial charge in [-0.3, -0.25) is 0 Å². The molecular formula is C15H23NO2S. The van der Waals surface area contributed by atoms with Crippen molar-refractivity contribution in [3.05, 3.63) is 35.9 Å². The van der Waals surface area contributed by atoms with Crippen LogP contribution >= 0.6 is 11.8 Å². The van der Waals surface area contributed by atoms with Gasteiger partial charge in [0.1, 0.15) is 5.54 Å². The number of hydrogen-bond donors (Lipinski definition) is 2. The summed E-state index contributed by atoms with van der Waals surface area (Å²) in [5.74, 6) is 1.72. The second-order valence-corrected chi connectivity index (χ2v) is 6.20. The molecule has 106 valence electrons. The summed E-state index contributed by atoms with van der Waals surface area (Å²) in [7, 11) is 1.72. The van der Waals surface area contributed by atoms with E-state index in [1.165, 1.54) is 0 Å². The maximum atomic E-state index is 11.7. The molecule has 1 rings (SSSR count). The lowest BCUT2D eigenvalue weighted by Crippen LogP contribution is -2.47. The summed E-state index contributed by atoms with van der Waals surface area (Å²) in [5.41, 5.74) is -0.166. The minimum Gasteiger partial charge on any atom is -0.480 e. The average molecular weight is 281 g/mol. The molecule has 0 heterocycles. The summed E-state index contributed by atoms with van der Waals surface area (Å²) >= 11 is 1.81. The number of carboxylic acid groups (broad SMARTS) is 1. The number of benzene rings is 1. The van der Waals surface area contributed by atoms with Crippen molar-refractivity contribution < 1.29 is 9.90 Å². The zero-order valence-corrected chi connectivity index (χ0v) is 12.7. The Morgan fingerprint density at radius 3 is 2.47 bits per heavy atom. The van der Waals surface area contributed by atoms with Crippen molar-refractivity contribution >= 4 is 17.7 Å². The molecule has 0 aliphatic rings. The molecule has 4 heteroatoms. The summed E-state index contributed by atoms with van der Waals surface area (Å²) in [4.78, 5) is 11.7. The Labute approximate surface area is 119 Å². The molecule has 0 aliphatic carbocycles. The number of thioether (sulfide) groups is 1. The zero-order valence-electron chi connectivity index (χ0n) is 11.8. The van der Waals surface area contributed by atoms with Crippen LogP contribution in [0, 0.1) is 5.92 Å². The van der Waals surface area contributed by atoms with Gasteiger partial charge in [0.05, 0.1) is 0 Å². The lowest BCUT2D eigenvalue weighted by Gasteiger charge is -2.29. The number of rotatable bonds is 8. The molecule has 1 aromatic carbocycles. The molecule has 0 saturated carbocycles. The van der Waals surface area contributed by atoms with Gasteiger partial charge in [-0.05, 0) is 36.5 Å². The van der Waals surface area contributed by atoms with E-state index in [9.17, 15) is 9.90 Å². The lowest BCUT2D eigenvalue weighted by molar-refractivity contribution is -0.145. The van der Waals surface area contributed by atoms with E-state index in [-0.39, 0.29) is 0 Å². The Bertz CT molecular complexity index is 394. The van der Waals surface area contributed by atoms with Gasteiger partial charge in [0.2, 0.25) is 0 Å². The van der Waals surface area contributed by atoms with Crippen LogP contribution in [0.15, 0.2) is 30.3 Å². The van der Waals surface area contributed by atoms with Gasteiger partial charge in [-0.15, -0.1) is 0 Å². The Balaban J connectivity index is 2.80. The minimum absolute atomic E-state index is 0.584. The van der Waals surface area contributed by atoms with E-state index in [2.05, 4.69) is 19.2 Å². The van der Waals surface area contributed by atoms with Crippen molar-refractivity contribution in [3.8, 4) is 0 Å². The maximum absolute atomic E-state index is 11.7. The van der Waals surface area contributed by atoms with Gasteiger partial charge in [0.15, 0.2) is 0 Å². The highest BCUT2D eigenvalue weighted by Gasteiger charge is 2.38. The van der Waals surface area contributed by atoms with Crippen molar-refractivity contribution in [2.75, 3.05) is 18.6 Å². The summed E-state index contributed by atoms with van der Waals surface area (Å²) < 4.78 is 0. The molecule has 2 N–H and O–H groups in total.